The summed E-state index contributed by atoms with van der Waals surface area (Å²) >= 11 is 0. The van der Waals surface area contributed by atoms with Gasteiger partial charge in [-0.15, -0.1) is 0 Å². The molecule has 0 aliphatic carbocycles. The zero-order valence-electron chi connectivity index (χ0n) is 11.5. The first-order valence-corrected chi connectivity index (χ1v) is 8.08. The molecule has 0 bridgehead atoms. The summed E-state index contributed by atoms with van der Waals surface area (Å²) in [7, 11) is -2.24. The number of rotatable bonds is 7. The lowest BCUT2D eigenvalue weighted by Crippen LogP contribution is -2.50. The van der Waals surface area contributed by atoms with Crippen LogP contribution in [0.5, 0.6) is 0 Å². The predicted octanol–water partition coefficient (Wildman–Crippen LogP) is -1.46. The van der Waals surface area contributed by atoms with E-state index < -0.39 is 16.0 Å². The van der Waals surface area contributed by atoms with Gasteiger partial charge in [0.2, 0.25) is 15.9 Å². The fourth-order valence-electron chi connectivity index (χ4n) is 1.86. The van der Waals surface area contributed by atoms with E-state index in [1.807, 2.05) is 0 Å². The van der Waals surface area contributed by atoms with Crippen LogP contribution in [0, 0.1) is 0 Å². The van der Waals surface area contributed by atoms with Gasteiger partial charge >= 0.3 is 5.97 Å². The lowest BCUT2D eigenvalue weighted by atomic mass is 10.3. The summed E-state index contributed by atoms with van der Waals surface area (Å²) in [5.74, 6) is -1.51. The molecule has 1 aliphatic rings. The number of carboxylic acid groups (broad SMARTS) is 1. The molecule has 9 heteroatoms. The van der Waals surface area contributed by atoms with E-state index in [4.69, 9.17) is 5.11 Å². The number of piperazine rings is 1. The number of sulfonamides is 1. The van der Waals surface area contributed by atoms with Crippen LogP contribution in [0.3, 0.4) is 0 Å². The average Bonchev–Trinajstić information content (AvgIpc) is 2.38. The Bertz CT molecular complexity index is 445. The van der Waals surface area contributed by atoms with Crippen molar-refractivity contribution in [2.75, 3.05) is 45.5 Å². The van der Waals surface area contributed by atoms with Crippen LogP contribution < -0.4 is 5.32 Å². The highest BCUT2D eigenvalue weighted by atomic mass is 32.2. The van der Waals surface area contributed by atoms with Crippen LogP contribution >= 0.6 is 0 Å². The Balaban J connectivity index is 2.44. The molecule has 0 aromatic rings. The van der Waals surface area contributed by atoms with E-state index >= 15 is 0 Å². The van der Waals surface area contributed by atoms with Crippen molar-refractivity contribution in [3.8, 4) is 0 Å². The van der Waals surface area contributed by atoms with Gasteiger partial charge in [-0.2, -0.15) is 4.31 Å². The molecule has 20 heavy (non-hydrogen) atoms. The summed E-state index contributed by atoms with van der Waals surface area (Å²) in [4.78, 5) is 23.9. The molecule has 2 N–H and O–H groups in total. The van der Waals surface area contributed by atoms with E-state index in [2.05, 4.69) is 5.32 Å². The topological polar surface area (TPSA) is 107 Å². The molecule has 8 nitrogen and oxygen atoms in total. The standard InChI is InChI=1S/C11H21N3O5S/c1-13(20(18,19)8-2-3-11(16)17)9-10(15)14-6-4-12-5-7-14/h12H,2-9H2,1H3,(H,16,17). The Morgan fingerprint density at radius 3 is 2.45 bits per heavy atom. The molecule has 0 saturated carbocycles. The van der Waals surface area contributed by atoms with E-state index in [-0.39, 0.29) is 31.0 Å². The maximum atomic E-state index is 11.9. The third kappa shape index (κ3) is 5.43. The molecule has 1 fully saturated rings. The van der Waals surface area contributed by atoms with Crippen molar-refractivity contribution in [3.63, 3.8) is 0 Å². The Labute approximate surface area is 118 Å². The van der Waals surface area contributed by atoms with Gasteiger partial charge in [0, 0.05) is 39.6 Å². The summed E-state index contributed by atoms with van der Waals surface area (Å²) in [5.41, 5.74) is 0. The number of nitrogens with zero attached hydrogens (tertiary/aromatic N) is 2. The second-order valence-electron chi connectivity index (χ2n) is 4.70. The summed E-state index contributed by atoms with van der Waals surface area (Å²) in [5, 5.41) is 11.6. The van der Waals surface area contributed by atoms with Crippen LogP contribution in [0.2, 0.25) is 0 Å². The highest BCUT2D eigenvalue weighted by Gasteiger charge is 2.24. The van der Waals surface area contributed by atoms with Crippen molar-refractivity contribution in [1.82, 2.24) is 14.5 Å². The van der Waals surface area contributed by atoms with Crippen molar-refractivity contribution < 1.29 is 23.1 Å². The largest absolute Gasteiger partial charge is 0.481 e. The minimum Gasteiger partial charge on any atom is -0.481 e. The van der Waals surface area contributed by atoms with Crippen molar-refractivity contribution in [3.05, 3.63) is 0 Å². The Morgan fingerprint density at radius 2 is 1.90 bits per heavy atom. The Morgan fingerprint density at radius 1 is 1.30 bits per heavy atom. The van der Waals surface area contributed by atoms with Crippen molar-refractivity contribution >= 4 is 21.9 Å². The van der Waals surface area contributed by atoms with Crippen molar-refractivity contribution in [1.29, 1.82) is 0 Å². The molecule has 1 saturated heterocycles. The summed E-state index contributed by atoms with van der Waals surface area (Å²) in [6.45, 7) is 2.37. The molecule has 0 spiro atoms. The molecule has 0 aromatic carbocycles. The fraction of sp³-hybridized carbons (Fsp3) is 0.818. The number of likely N-dealkylation sites (N-methyl/N-ethyl adjacent to an activating group) is 1. The van der Waals surface area contributed by atoms with E-state index in [1.54, 1.807) is 4.90 Å². The molecule has 1 amide bonds. The number of carbonyl (C=O) groups is 2. The molecule has 0 atom stereocenters. The fourth-order valence-corrected chi connectivity index (χ4v) is 2.99. The second-order valence-corrected chi connectivity index (χ2v) is 6.90. The van der Waals surface area contributed by atoms with Gasteiger partial charge in [-0.1, -0.05) is 0 Å². The van der Waals surface area contributed by atoms with Gasteiger partial charge < -0.3 is 15.3 Å². The number of carboxylic acids is 1. The highest BCUT2D eigenvalue weighted by molar-refractivity contribution is 7.89. The number of aliphatic carboxylic acids is 1. The van der Waals surface area contributed by atoms with Crippen LogP contribution in [-0.2, 0) is 19.6 Å². The van der Waals surface area contributed by atoms with E-state index in [0.717, 1.165) is 4.31 Å². The van der Waals surface area contributed by atoms with Gasteiger partial charge in [-0.3, -0.25) is 9.59 Å². The van der Waals surface area contributed by atoms with Gasteiger partial charge in [-0.25, -0.2) is 8.42 Å². The summed E-state index contributed by atoms with van der Waals surface area (Å²) in [6.07, 6.45) is -0.150. The summed E-state index contributed by atoms with van der Waals surface area (Å²) in [6, 6.07) is 0. The molecule has 1 heterocycles. The summed E-state index contributed by atoms with van der Waals surface area (Å²) < 4.78 is 24.8. The number of nitrogens with one attached hydrogen (secondary N) is 1. The molecule has 0 aromatic heterocycles. The first-order valence-electron chi connectivity index (χ1n) is 6.47. The van der Waals surface area contributed by atoms with Crippen LogP contribution in [0.1, 0.15) is 12.8 Å². The molecule has 0 radical (unpaired) electrons. The lowest BCUT2D eigenvalue weighted by molar-refractivity contribution is -0.137. The third-order valence-corrected chi connectivity index (χ3v) is 4.98. The number of hydrogen-bond donors (Lipinski definition) is 2. The molecule has 1 rings (SSSR count). The highest BCUT2D eigenvalue weighted by Crippen LogP contribution is 2.04. The van der Waals surface area contributed by atoms with Gasteiger partial charge in [0.15, 0.2) is 0 Å². The molecule has 0 unspecified atom stereocenters. The Hall–Kier alpha value is -1.19. The van der Waals surface area contributed by atoms with E-state index in [0.29, 0.717) is 26.2 Å². The number of amides is 1. The van der Waals surface area contributed by atoms with Gasteiger partial charge in [-0.05, 0) is 6.42 Å². The first-order chi connectivity index (χ1) is 9.33. The van der Waals surface area contributed by atoms with Gasteiger partial charge in [0.25, 0.3) is 0 Å². The lowest BCUT2D eigenvalue weighted by Gasteiger charge is -2.29. The normalized spacial score (nSPS) is 16.4. The smallest absolute Gasteiger partial charge is 0.303 e. The zero-order chi connectivity index (χ0) is 15.2. The van der Waals surface area contributed by atoms with Crippen molar-refractivity contribution in [2.24, 2.45) is 0 Å². The van der Waals surface area contributed by atoms with Crippen molar-refractivity contribution in [2.45, 2.75) is 12.8 Å². The molecular formula is C11H21N3O5S. The van der Waals surface area contributed by atoms with Crippen LogP contribution in [0.4, 0.5) is 0 Å². The SMILES string of the molecule is CN(CC(=O)N1CCNCC1)S(=O)(=O)CCCC(=O)O. The second kappa shape index (κ2) is 7.55. The van der Waals surface area contributed by atoms with Crippen LogP contribution in [-0.4, -0.2) is 80.1 Å². The quantitative estimate of drug-likeness (QED) is 0.595. The van der Waals surface area contributed by atoms with Crippen LogP contribution in [0.25, 0.3) is 0 Å². The number of carbonyl (C=O) groups excluding carboxylic acids is 1. The van der Waals surface area contributed by atoms with Gasteiger partial charge in [0.05, 0.1) is 12.3 Å². The minimum absolute atomic E-state index is 0.0455. The predicted molar refractivity (Wildman–Crippen MR) is 72.7 cm³/mol. The maximum Gasteiger partial charge on any atom is 0.303 e. The van der Waals surface area contributed by atoms with E-state index in [1.165, 1.54) is 7.05 Å². The molecule has 1 aliphatic heterocycles. The molecule has 116 valence electrons. The number of hydrogen-bond acceptors (Lipinski definition) is 5. The van der Waals surface area contributed by atoms with Gasteiger partial charge in [0.1, 0.15) is 0 Å². The van der Waals surface area contributed by atoms with Crippen LogP contribution in [0.15, 0.2) is 0 Å². The third-order valence-electron chi connectivity index (χ3n) is 3.10. The average molecular weight is 307 g/mol. The zero-order valence-corrected chi connectivity index (χ0v) is 12.4. The first kappa shape index (κ1) is 16.9. The monoisotopic (exact) mass is 307 g/mol. The Kier molecular flexibility index (Phi) is 6.37. The minimum atomic E-state index is -3.58. The maximum absolute atomic E-state index is 11.9. The van der Waals surface area contributed by atoms with E-state index in [9.17, 15) is 18.0 Å². The molecular weight excluding hydrogens is 286 g/mol.